The number of rotatable bonds is 3. The second-order valence-corrected chi connectivity index (χ2v) is 10.0. The fourth-order valence-electron chi connectivity index (χ4n) is 4.34. The van der Waals surface area contributed by atoms with Gasteiger partial charge in [0.15, 0.2) is 11.6 Å². The standard InChI is InChI=1S/C20H16ClFN8O3S/c21-12-5-8-29-15(12)19(31)30(11-3-1-10(22)2-4-11)17(27-29)14-6-7-28(14)18-16-13(25-20(23)26-18)9-24-34(16,32)33/h1-5,8,14,24H,6-7,9H2,(H2,23,25,26)/t14-/m0/s1. The Bertz CT molecular complexity index is 1650. The average molecular weight is 503 g/mol. The number of fused-ring (bicyclic) bond motifs is 2. The number of sulfonamides is 1. The van der Waals surface area contributed by atoms with Crippen molar-refractivity contribution >= 4 is 38.9 Å². The Kier molecular flexibility index (Phi) is 4.46. The second-order valence-electron chi connectivity index (χ2n) is 7.94. The first-order valence-corrected chi connectivity index (χ1v) is 12.1. The van der Waals surface area contributed by atoms with Crippen molar-refractivity contribution in [3.63, 3.8) is 0 Å². The molecule has 5 heterocycles. The van der Waals surface area contributed by atoms with Crippen molar-refractivity contribution in [1.29, 1.82) is 0 Å². The molecule has 1 atom stereocenters. The van der Waals surface area contributed by atoms with Crippen molar-refractivity contribution in [2.75, 3.05) is 17.2 Å². The Morgan fingerprint density at radius 3 is 2.65 bits per heavy atom. The molecule has 11 nitrogen and oxygen atoms in total. The van der Waals surface area contributed by atoms with Crippen molar-refractivity contribution in [3.8, 4) is 5.69 Å². The third kappa shape index (κ3) is 3.01. The number of nitrogen functional groups attached to an aromatic ring is 1. The molecule has 1 fully saturated rings. The van der Waals surface area contributed by atoms with Crippen LogP contribution in [0.1, 0.15) is 24.0 Å². The predicted molar refractivity (Wildman–Crippen MR) is 121 cm³/mol. The van der Waals surface area contributed by atoms with E-state index in [1.165, 1.54) is 33.3 Å². The molecule has 0 spiro atoms. The van der Waals surface area contributed by atoms with Gasteiger partial charge in [-0.3, -0.25) is 9.36 Å². The predicted octanol–water partition coefficient (Wildman–Crippen LogP) is 1.39. The number of halogens is 2. The van der Waals surface area contributed by atoms with E-state index >= 15 is 0 Å². The zero-order chi connectivity index (χ0) is 23.8. The summed E-state index contributed by atoms with van der Waals surface area (Å²) in [6, 6.07) is 6.45. The zero-order valence-electron chi connectivity index (χ0n) is 17.3. The molecular weight excluding hydrogens is 487 g/mol. The molecule has 0 aliphatic carbocycles. The van der Waals surface area contributed by atoms with Gasteiger partial charge in [0.1, 0.15) is 16.2 Å². The van der Waals surface area contributed by atoms with E-state index in [1.54, 1.807) is 17.2 Å². The summed E-state index contributed by atoms with van der Waals surface area (Å²) in [4.78, 5) is 23.5. The van der Waals surface area contributed by atoms with Gasteiger partial charge in [-0.2, -0.15) is 10.1 Å². The molecule has 4 aromatic rings. The Morgan fingerprint density at radius 1 is 1.18 bits per heavy atom. The van der Waals surface area contributed by atoms with Crippen LogP contribution in [-0.4, -0.2) is 39.1 Å². The minimum Gasteiger partial charge on any atom is -0.368 e. The number of hydrogen-bond donors (Lipinski definition) is 2. The molecule has 0 amide bonds. The van der Waals surface area contributed by atoms with Gasteiger partial charge in [0, 0.05) is 12.7 Å². The highest BCUT2D eigenvalue weighted by Gasteiger charge is 2.41. The van der Waals surface area contributed by atoms with E-state index in [2.05, 4.69) is 19.8 Å². The van der Waals surface area contributed by atoms with E-state index in [9.17, 15) is 17.6 Å². The van der Waals surface area contributed by atoms with Crippen molar-refractivity contribution in [3.05, 3.63) is 69.2 Å². The minimum atomic E-state index is -3.81. The summed E-state index contributed by atoms with van der Waals surface area (Å²) in [6.07, 6.45) is 2.12. The maximum atomic E-state index is 13.6. The summed E-state index contributed by atoms with van der Waals surface area (Å²) in [5, 5.41) is 4.85. The van der Waals surface area contributed by atoms with Gasteiger partial charge in [0.25, 0.3) is 5.56 Å². The average Bonchev–Trinajstić information content (AvgIpc) is 3.27. The molecule has 1 saturated heterocycles. The summed E-state index contributed by atoms with van der Waals surface area (Å²) in [5.41, 5.74) is 6.26. The Balaban J connectivity index is 1.57. The summed E-state index contributed by atoms with van der Waals surface area (Å²) in [6.45, 7) is 0.467. The first-order valence-electron chi connectivity index (χ1n) is 10.2. The number of aromatic nitrogens is 5. The van der Waals surface area contributed by atoms with Crippen LogP contribution in [0.5, 0.6) is 0 Å². The van der Waals surface area contributed by atoms with Gasteiger partial charge in [-0.05, 0) is 36.8 Å². The number of nitrogens with zero attached hydrogens (tertiary/aromatic N) is 6. The highest BCUT2D eigenvalue weighted by molar-refractivity contribution is 7.90. The lowest BCUT2D eigenvalue weighted by atomic mass is 10.0. The third-order valence-corrected chi connectivity index (χ3v) is 7.76. The van der Waals surface area contributed by atoms with E-state index in [0.29, 0.717) is 24.5 Å². The van der Waals surface area contributed by atoms with Crippen LogP contribution in [0.4, 0.5) is 16.2 Å². The molecule has 14 heteroatoms. The summed E-state index contributed by atoms with van der Waals surface area (Å²) in [5.74, 6) is -0.0517. The monoisotopic (exact) mass is 502 g/mol. The highest BCUT2D eigenvalue weighted by atomic mass is 35.5. The lowest BCUT2D eigenvalue weighted by Gasteiger charge is -2.42. The van der Waals surface area contributed by atoms with Crippen LogP contribution < -0.4 is 20.9 Å². The number of hydrogen-bond acceptors (Lipinski definition) is 8. The van der Waals surface area contributed by atoms with Gasteiger partial charge < -0.3 is 10.6 Å². The quantitative estimate of drug-likeness (QED) is 0.428. The number of benzene rings is 1. The van der Waals surface area contributed by atoms with Crippen molar-refractivity contribution in [2.45, 2.75) is 23.9 Å². The summed E-state index contributed by atoms with van der Waals surface area (Å²) in [7, 11) is -3.81. The second kappa shape index (κ2) is 7.22. The molecule has 0 saturated carbocycles. The number of anilines is 2. The summed E-state index contributed by atoms with van der Waals surface area (Å²) >= 11 is 6.23. The van der Waals surface area contributed by atoms with Gasteiger partial charge in [-0.1, -0.05) is 11.6 Å². The van der Waals surface area contributed by atoms with Crippen LogP contribution in [0.15, 0.2) is 46.2 Å². The van der Waals surface area contributed by atoms with Crippen LogP contribution in [0.3, 0.4) is 0 Å². The molecule has 0 bridgehead atoms. The lowest BCUT2D eigenvalue weighted by Crippen LogP contribution is -2.46. The molecule has 0 unspecified atom stereocenters. The SMILES string of the molecule is Nc1nc2c(c(N3CC[C@H]3c3nn4ccc(Cl)c4c(=O)n3-c3ccc(F)cc3)n1)S(=O)(=O)NC2. The van der Waals surface area contributed by atoms with Crippen LogP contribution >= 0.6 is 11.6 Å². The number of nitrogens with two attached hydrogens (primary N) is 1. The zero-order valence-corrected chi connectivity index (χ0v) is 18.9. The molecular formula is C20H16ClFN8O3S. The molecule has 1 aromatic carbocycles. The van der Waals surface area contributed by atoms with Gasteiger partial charge in [0.2, 0.25) is 16.0 Å². The molecule has 2 aliphatic heterocycles. The van der Waals surface area contributed by atoms with Gasteiger partial charge in [-0.25, -0.2) is 27.0 Å². The van der Waals surface area contributed by atoms with Gasteiger partial charge in [0.05, 0.1) is 29.0 Å². The topological polar surface area (TPSA) is 141 Å². The maximum absolute atomic E-state index is 13.6. The van der Waals surface area contributed by atoms with Crippen LogP contribution in [0, 0.1) is 5.82 Å². The fourth-order valence-corrected chi connectivity index (χ4v) is 5.87. The molecule has 3 N–H and O–H groups in total. The third-order valence-electron chi connectivity index (χ3n) is 5.97. The minimum absolute atomic E-state index is 0.0161. The Morgan fingerprint density at radius 2 is 1.94 bits per heavy atom. The van der Waals surface area contributed by atoms with Crippen LogP contribution in [0.25, 0.3) is 11.2 Å². The van der Waals surface area contributed by atoms with Crippen LogP contribution in [-0.2, 0) is 16.6 Å². The van der Waals surface area contributed by atoms with E-state index in [1.807, 2.05) is 0 Å². The van der Waals surface area contributed by atoms with E-state index in [-0.39, 0.29) is 39.4 Å². The van der Waals surface area contributed by atoms with Gasteiger partial charge in [-0.15, -0.1) is 0 Å². The fraction of sp³-hybridized carbons (Fsp3) is 0.200. The molecule has 6 rings (SSSR count). The summed E-state index contributed by atoms with van der Waals surface area (Å²) < 4.78 is 44.1. The highest BCUT2D eigenvalue weighted by Crippen LogP contribution is 2.41. The van der Waals surface area contributed by atoms with Crippen molar-refractivity contribution in [2.24, 2.45) is 0 Å². The van der Waals surface area contributed by atoms with Gasteiger partial charge >= 0.3 is 0 Å². The molecule has 34 heavy (non-hydrogen) atoms. The molecule has 2 aliphatic rings. The van der Waals surface area contributed by atoms with Crippen molar-refractivity contribution in [1.82, 2.24) is 28.9 Å². The Labute approximate surface area is 196 Å². The van der Waals surface area contributed by atoms with Crippen LogP contribution in [0.2, 0.25) is 5.02 Å². The molecule has 3 aromatic heterocycles. The first-order chi connectivity index (χ1) is 16.2. The largest absolute Gasteiger partial charge is 0.368 e. The van der Waals surface area contributed by atoms with E-state index in [4.69, 9.17) is 17.3 Å². The molecule has 0 radical (unpaired) electrons. The van der Waals surface area contributed by atoms with E-state index < -0.39 is 27.4 Å². The first kappa shape index (κ1) is 21.0. The molecule has 174 valence electrons. The number of nitrogens with one attached hydrogen (secondary N) is 1. The lowest BCUT2D eigenvalue weighted by molar-refractivity contribution is 0.419. The normalized spacial score (nSPS) is 18.8. The smallest absolute Gasteiger partial charge is 0.284 e. The Hall–Kier alpha value is -3.55. The van der Waals surface area contributed by atoms with E-state index in [0.717, 1.165) is 0 Å². The maximum Gasteiger partial charge on any atom is 0.284 e. The van der Waals surface area contributed by atoms with Crippen molar-refractivity contribution < 1.29 is 12.8 Å².